The van der Waals surface area contributed by atoms with Crippen LogP contribution in [-0.4, -0.2) is 26.8 Å². The van der Waals surface area contributed by atoms with Crippen LogP contribution in [0.3, 0.4) is 0 Å². The van der Waals surface area contributed by atoms with Crippen LogP contribution >= 0.6 is 11.6 Å². The molecule has 0 aliphatic carbocycles. The molecule has 0 aliphatic rings. The lowest BCUT2D eigenvalue weighted by Crippen LogP contribution is -2.42. The third kappa shape index (κ3) is 5.71. The molecule has 7 nitrogen and oxygen atoms in total. The number of halogens is 2. The number of benzene rings is 2. The minimum Gasteiger partial charge on any atom is -0.468 e. The third-order valence-corrected chi connectivity index (χ3v) is 6.73. The summed E-state index contributed by atoms with van der Waals surface area (Å²) in [5.41, 5.74) is 0.598. The summed E-state index contributed by atoms with van der Waals surface area (Å²) in [6, 6.07) is 14.0. The summed E-state index contributed by atoms with van der Waals surface area (Å²) in [6.07, 6.45) is 1.32. The molecule has 0 unspecified atom stereocenters. The fourth-order valence-electron chi connectivity index (χ4n) is 2.76. The average Bonchev–Trinajstić information content (AvgIpc) is 3.27. The lowest BCUT2D eigenvalue weighted by Gasteiger charge is -2.16. The van der Waals surface area contributed by atoms with E-state index in [1.807, 2.05) is 0 Å². The first-order valence-electron chi connectivity index (χ1n) is 9.10. The summed E-state index contributed by atoms with van der Waals surface area (Å²) in [5.74, 6) is -2.27. The van der Waals surface area contributed by atoms with E-state index in [1.54, 1.807) is 0 Å². The number of carbonyl (C=O) groups excluding carboxylic acids is 2. The van der Waals surface area contributed by atoms with Gasteiger partial charge in [0.2, 0.25) is 0 Å². The normalized spacial score (nSPS) is 12.2. The summed E-state index contributed by atoms with van der Waals surface area (Å²) in [4.78, 5) is 24.2. The summed E-state index contributed by atoms with van der Waals surface area (Å²) >= 11 is 5.83. The molecular formula is C21H18ClFN2O5S. The second-order valence-corrected chi connectivity index (χ2v) is 9.09. The van der Waals surface area contributed by atoms with Crippen LogP contribution < -0.4 is 10.6 Å². The predicted octanol–water partition coefficient (Wildman–Crippen LogP) is 3.02. The minimum absolute atomic E-state index is 0.00619. The van der Waals surface area contributed by atoms with Gasteiger partial charge in [-0.05, 0) is 54.1 Å². The quantitative estimate of drug-likeness (QED) is 0.523. The lowest BCUT2D eigenvalue weighted by molar-refractivity contribution is -0.139. The van der Waals surface area contributed by atoms with Crippen molar-refractivity contribution >= 4 is 33.3 Å². The average molecular weight is 465 g/mol. The van der Waals surface area contributed by atoms with Crippen LogP contribution in [0.5, 0.6) is 0 Å². The highest BCUT2D eigenvalue weighted by Crippen LogP contribution is 2.29. The summed E-state index contributed by atoms with van der Waals surface area (Å²) in [7, 11) is -3.96. The molecule has 0 spiro atoms. The lowest BCUT2D eigenvalue weighted by atomic mass is 10.2. The molecule has 0 saturated heterocycles. The van der Waals surface area contributed by atoms with E-state index in [4.69, 9.17) is 16.0 Å². The fourth-order valence-corrected chi connectivity index (χ4v) is 4.47. The van der Waals surface area contributed by atoms with E-state index in [1.165, 1.54) is 66.9 Å². The molecule has 1 aromatic heterocycles. The first kappa shape index (κ1) is 22.5. The van der Waals surface area contributed by atoms with E-state index in [0.29, 0.717) is 10.6 Å². The molecule has 31 heavy (non-hydrogen) atoms. The molecule has 0 radical (unpaired) electrons. The number of amides is 2. The second kappa shape index (κ2) is 9.76. The van der Waals surface area contributed by atoms with Crippen LogP contribution in [0.15, 0.2) is 76.2 Å². The molecule has 0 aliphatic heterocycles. The van der Waals surface area contributed by atoms with Gasteiger partial charge < -0.3 is 15.1 Å². The maximum atomic E-state index is 13.1. The molecule has 0 fully saturated rings. The highest BCUT2D eigenvalue weighted by molar-refractivity contribution is 7.91. The Morgan fingerprint density at radius 3 is 2.23 bits per heavy atom. The number of carbonyl (C=O) groups is 2. The van der Waals surface area contributed by atoms with Crippen LogP contribution in [0, 0.1) is 5.82 Å². The molecule has 1 atom stereocenters. The smallest absolute Gasteiger partial charge is 0.309 e. The first-order chi connectivity index (χ1) is 14.8. The van der Waals surface area contributed by atoms with E-state index >= 15 is 0 Å². The minimum atomic E-state index is -3.96. The van der Waals surface area contributed by atoms with Crippen molar-refractivity contribution < 1.29 is 26.8 Å². The van der Waals surface area contributed by atoms with Crippen molar-refractivity contribution in [3.05, 3.63) is 89.1 Å². The van der Waals surface area contributed by atoms with Crippen molar-refractivity contribution in [3.8, 4) is 0 Å². The molecule has 2 amide bonds. The maximum Gasteiger partial charge on any atom is 0.309 e. The van der Waals surface area contributed by atoms with Crippen molar-refractivity contribution in [2.24, 2.45) is 0 Å². The van der Waals surface area contributed by atoms with E-state index in [2.05, 4.69) is 10.6 Å². The van der Waals surface area contributed by atoms with Crippen molar-refractivity contribution in [2.45, 2.75) is 16.7 Å². The van der Waals surface area contributed by atoms with Gasteiger partial charge in [0.1, 0.15) is 16.8 Å². The molecule has 0 bridgehead atoms. The zero-order valence-electron chi connectivity index (χ0n) is 16.0. The summed E-state index contributed by atoms with van der Waals surface area (Å²) < 4.78 is 44.3. The Bertz CT molecular complexity index is 1150. The Kier molecular flexibility index (Phi) is 7.09. The molecular weight excluding hydrogens is 447 g/mol. The van der Waals surface area contributed by atoms with Gasteiger partial charge in [-0.15, -0.1) is 0 Å². The Labute approximate surface area is 183 Å². The Morgan fingerprint density at radius 2 is 1.61 bits per heavy atom. The molecule has 2 aromatic carbocycles. The molecule has 0 saturated carbocycles. The van der Waals surface area contributed by atoms with Gasteiger partial charge in [0, 0.05) is 18.1 Å². The summed E-state index contributed by atoms with van der Waals surface area (Å²) in [6.45, 7) is -0.376. The topological polar surface area (TPSA) is 105 Å². The number of rotatable bonds is 7. The van der Waals surface area contributed by atoms with Crippen LogP contribution in [0.2, 0.25) is 5.02 Å². The summed E-state index contributed by atoms with van der Waals surface area (Å²) in [5, 5.41) is 3.84. The van der Waals surface area contributed by atoms with Gasteiger partial charge >= 0.3 is 11.8 Å². The van der Waals surface area contributed by atoms with Crippen LogP contribution in [0.25, 0.3) is 0 Å². The molecule has 1 heterocycles. The number of sulfone groups is 1. The van der Waals surface area contributed by atoms with Gasteiger partial charge in [0.05, 0.1) is 11.2 Å². The molecule has 3 rings (SSSR count). The van der Waals surface area contributed by atoms with E-state index in [0.717, 1.165) is 0 Å². The van der Waals surface area contributed by atoms with Crippen LogP contribution in [-0.2, 0) is 26.0 Å². The fraction of sp³-hybridized carbons (Fsp3) is 0.143. The van der Waals surface area contributed by atoms with E-state index in [-0.39, 0.29) is 23.7 Å². The zero-order valence-corrected chi connectivity index (χ0v) is 17.6. The number of furan rings is 1. The van der Waals surface area contributed by atoms with Crippen molar-refractivity contribution in [3.63, 3.8) is 0 Å². The molecule has 10 heteroatoms. The second-order valence-electron chi connectivity index (χ2n) is 6.52. The Balaban J connectivity index is 1.68. The number of nitrogens with one attached hydrogen (secondary N) is 2. The van der Waals surface area contributed by atoms with Crippen molar-refractivity contribution in [1.82, 2.24) is 10.6 Å². The molecule has 2 N–H and O–H groups in total. The van der Waals surface area contributed by atoms with Crippen LogP contribution in [0.4, 0.5) is 4.39 Å². The van der Waals surface area contributed by atoms with E-state index < -0.39 is 32.7 Å². The van der Waals surface area contributed by atoms with Crippen LogP contribution in [0.1, 0.15) is 16.6 Å². The largest absolute Gasteiger partial charge is 0.468 e. The number of hydrogen-bond acceptors (Lipinski definition) is 5. The zero-order chi connectivity index (χ0) is 22.4. The van der Waals surface area contributed by atoms with Crippen molar-refractivity contribution in [1.29, 1.82) is 0 Å². The molecule has 3 aromatic rings. The van der Waals surface area contributed by atoms with Gasteiger partial charge in [-0.2, -0.15) is 0 Å². The van der Waals surface area contributed by atoms with Gasteiger partial charge in [0.25, 0.3) is 0 Å². The third-order valence-electron chi connectivity index (χ3n) is 4.40. The van der Waals surface area contributed by atoms with Crippen molar-refractivity contribution in [2.75, 3.05) is 6.54 Å². The molecule has 162 valence electrons. The standard InChI is InChI=1S/C21H18ClFN2O5S/c22-15-5-9-17(10-6-15)31(28,29)19(18-2-1-11-30-18)13-25-21(27)20(26)24-12-14-3-7-16(23)8-4-14/h1-11,19H,12-13H2,(H,24,26)(H,25,27)/t19-/m0/s1. The highest BCUT2D eigenvalue weighted by Gasteiger charge is 2.32. The predicted molar refractivity (Wildman–Crippen MR) is 111 cm³/mol. The SMILES string of the molecule is O=C(NCc1ccc(F)cc1)C(=O)NC[C@@H](c1ccco1)S(=O)(=O)c1ccc(Cl)cc1. The van der Waals surface area contributed by atoms with Gasteiger partial charge in [-0.25, -0.2) is 12.8 Å². The first-order valence-corrected chi connectivity index (χ1v) is 11.0. The van der Waals surface area contributed by atoms with Gasteiger partial charge in [-0.1, -0.05) is 23.7 Å². The maximum absolute atomic E-state index is 13.1. The van der Waals surface area contributed by atoms with Gasteiger partial charge in [0.15, 0.2) is 9.84 Å². The number of hydrogen-bond donors (Lipinski definition) is 2. The highest BCUT2D eigenvalue weighted by atomic mass is 35.5. The Hall–Kier alpha value is -3.17. The van der Waals surface area contributed by atoms with Gasteiger partial charge in [-0.3, -0.25) is 9.59 Å². The monoisotopic (exact) mass is 464 g/mol. The van der Waals surface area contributed by atoms with E-state index in [9.17, 15) is 22.4 Å². The Morgan fingerprint density at radius 1 is 0.968 bits per heavy atom.